The molecule has 1 unspecified atom stereocenters. The van der Waals surface area contributed by atoms with E-state index in [-0.39, 0.29) is 11.7 Å². The number of likely N-dealkylation sites (tertiary alicyclic amines) is 1. The molecule has 1 aliphatic heterocycles. The Labute approximate surface area is 257 Å². The minimum absolute atomic E-state index is 0.108. The van der Waals surface area contributed by atoms with Gasteiger partial charge in [0.05, 0.1) is 11.4 Å². The van der Waals surface area contributed by atoms with E-state index < -0.39 is 17.6 Å². The van der Waals surface area contributed by atoms with Gasteiger partial charge in [-0.05, 0) is 70.3 Å². The Bertz CT molecular complexity index is 1360. The highest BCUT2D eigenvalue weighted by molar-refractivity contribution is 7.09. The van der Waals surface area contributed by atoms with E-state index in [4.69, 9.17) is 4.74 Å². The number of carbonyl (C=O) groups is 3. The summed E-state index contributed by atoms with van der Waals surface area (Å²) in [5.41, 5.74) is 2.51. The van der Waals surface area contributed by atoms with Crippen LogP contribution >= 0.6 is 11.3 Å². The second-order valence-electron chi connectivity index (χ2n) is 11.6. The van der Waals surface area contributed by atoms with E-state index in [1.165, 1.54) is 16.9 Å². The van der Waals surface area contributed by atoms with Crippen molar-refractivity contribution in [2.24, 2.45) is 0 Å². The van der Waals surface area contributed by atoms with Crippen molar-refractivity contribution in [3.05, 3.63) is 76.2 Å². The van der Waals surface area contributed by atoms with Crippen LogP contribution in [0, 0.1) is 0 Å². The van der Waals surface area contributed by atoms with Gasteiger partial charge in [0, 0.05) is 42.6 Å². The molecule has 0 radical (unpaired) electrons. The van der Waals surface area contributed by atoms with Gasteiger partial charge in [-0.3, -0.25) is 20.0 Å². The van der Waals surface area contributed by atoms with Gasteiger partial charge in [0.15, 0.2) is 0 Å². The average molecular weight is 607 g/mol. The van der Waals surface area contributed by atoms with Crippen molar-refractivity contribution in [3.8, 4) is 0 Å². The third-order valence-electron chi connectivity index (χ3n) is 7.13. The van der Waals surface area contributed by atoms with Gasteiger partial charge in [0.2, 0.25) is 0 Å². The number of urea groups is 1. The number of rotatable bonds is 11. The SMILES string of the molecule is CCN1CCCC1CN(Cc1ccc(C(=O)Nc2cscc2NC(=O)OC(C)(C)C)nc1)C(=O)NCCc1ccccc1. The van der Waals surface area contributed by atoms with Crippen LogP contribution in [0.1, 0.15) is 62.2 Å². The van der Waals surface area contributed by atoms with E-state index >= 15 is 0 Å². The zero-order valence-electron chi connectivity index (χ0n) is 25.4. The molecule has 0 saturated carbocycles. The fourth-order valence-corrected chi connectivity index (χ4v) is 5.74. The molecule has 2 aromatic heterocycles. The van der Waals surface area contributed by atoms with Crippen LogP contribution < -0.4 is 16.0 Å². The molecule has 4 amide bonds. The van der Waals surface area contributed by atoms with Crippen molar-refractivity contribution in [1.29, 1.82) is 0 Å². The Morgan fingerprint density at radius 1 is 1.05 bits per heavy atom. The summed E-state index contributed by atoms with van der Waals surface area (Å²) in [6.07, 6.45) is 3.99. The normalized spacial score (nSPS) is 15.1. The van der Waals surface area contributed by atoms with Crippen LogP contribution in [0.2, 0.25) is 0 Å². The van der Waals surface area contributed by atoms with Gasteiger partial charge in [0.1, 0.15) is 11.3 Å². The number of nitrogens with one attached hydrogen (secondary N) is 3. The summed E-state index contributed by atoms with van der Waals surface area (Å²) in [7, 11) is 0. The second-order valence-corrected chi connectivity index (χ2v) is 12.3. The summed E-state index contributed by atoms with van der Waals surface area (Å²) >= 11 is 1.34. The lowest BCUT2D eigenvalue weighted by Gasteiger charge is -2.30. The molecular weight excluding hydrogens is 564 g/mol. The fourth-order valence-electron chi connectivity index (χ4n) is 5.03. The molecule has 1 saturated heterocycles. The first-order valence-corrected chi connectivity index (χ1v) is 15.7. The van der Waals surface area contributed by atoms with Crippen LogP contribution in [-0.4, -0.2) is 70.6 Å². The van der Waals surface area contributed by atoms with Crippen LogP contribution in [-0.2, 0) is 17.7 Å². The van der Waals surface area contributed by atoms with Crippen LogP contribution in [0.5, 0.6) is 0 Å². The van der Waals surface area contributed by atoms with Gasteiger partial charge in [-0.2, -0.15) is 0 Å². The van der Waals surface area contributed by atoms with Crippen molar-refractivity contribution in [1.82, 2.24) is 20.1 Å². The second kappa shape index (κ2) is 15.0. The minimum atomic E-state index is -0.639. The quantitative estimate of drug-likeness (QED) is 0.247. The lowest BCUT2D eigenvalue weighted by molar-refractivity contribution is 0.0635. The largest absolute Gasteiger partial charge is 0.444 e. The summed E-state index contributed by atoms with van der Waals surface area (Å²) in [5.74, 6) is -0.405. The van der Waals surface area contributed by atoms with Crippen molar-refractivity contribution in [2.45, 2.75) is 65.1 Å². The van der Waals surface area contributed by atoms with E-state index in [9.17, 15) is 14.4 Å². The number of ether oxygens (including phenoxy) is 1. The first kappa shape index (κ1) is 32.0. The molecule has 1 atom stereocenters. The molecule has 11 heteroatoms. The maximum Gasteiger partial charge on any atom is 0.412 e. The molecule has 10 nitrogen and oxygen atoms in total. The summed E-state index contributed by atoms with van der Waals surface area (Å²) in [6, 6.07) is 13.8. The highest BCUT2D eigenvalue weighted by Gasteiger charge is 2.27. The van der Waals surface area contributed by atoms with Gasteiger partial charge in [-0.15, -0.1) is 11.3 Å². The molecule has 43 heavy (non-hydrogen) atoms. The number of anilines is 2. The van der Waals surface area contributed by atoms with Crippen LogP contribution in [0.15, 0.2) is 59.4 Å². The van der Waals surface area contributed by atoms with Gasteiger partial charge in [0.25, 0.3) is 5.91 Å². The molecule has 4 rings (SSSR count). The number of thiophene rings is 1. The number of pyridine rings is 1. The number of carbonyl (C=O) groups excluding carboxylic acids is 3. The first-order chi connectivity index (χ1) is 20.6. The fraction of sp³-hybridized carbons (Fsp3) is 0.438. The summed E-state index contributed by atoms with van der Waals surface area (Å²) in [6.45, 7) is 11.1. The highest BCUT2D eigenvalue weighted by atomic mass is 32.1. The van der Waals surface area contributed by atoms with Gasteiger partial charge in [-0.25, -0.2) is 9.59 Å². The van der Waals surface area contributed by atoms with Crippen molar-refractivity contribution in [2.75, 3.05) is 36.8 Å². The topological polar surface area (TPSA) is 116 Å². The number of nitrogens with zero attached hydrogens (tertiary/aromatic N) is 3. The molecule has 1 aliphatic rings. The van der Waals surface area contributed by atoms with E-state index in [0.29, 0.717) is 37.1 Å². The summed E-state index contributed by atoms with van der Waals surface area (Å²) < 4.78 is 5.31. The smallest absolute Gasteiger partial charge is 0.412 e. The molecule has 3 heterocycles. The minimum Gasteiger partial charge on any atom is -0.444 e. The predicted octanol–water partition coefficient (Wildman–Crippen LogP) is 5.98. The Hall–Kier alpha value is -3.96. The molecule has 3 N–H and O–H groups in total. The lowest BCUT2D eigenvalue weighted by atomic mass is 10.1. The maximum absolute atomic E-state index is 13.3. The zero-order chi connectivity index (χ0) is 30.8. The van der Waals surface area contributed by atoms with Gasteiger partial charge in [-0.1, -0.05) is 43.3 Å². The highest BCUT2D eigenvalue weighted by Crippen LogP contribution is 2.27. The van der Waals surface area contributed by atoms with Crippen LogP contribution in [0.4, 0.5) is 21.0 Å². The third-order valence-corrected chi connectivity index (χ3v) is 7.88. The molecule has 0 spiro atoms. The van der Waals surface area contributed by atoms with Crippen LogP contribution in [0.25, 0.3) is 0 Å². The van der Waals surface area contributed by atoms with E-state index in [1.54, 1.807) is 43.8 Å². The van der Waals surface area contributed by atoms with Gasteiger partial charge >= 0.3 is 12.1 Å². The number of hydrogen-bond acceptors (Lipinski definition) is 7. The average Bonchev–Trinajstić information content (AvgIpc) is 3.61. The van der Waals surface area contributed by atoms with E-state index in [0.717, 1.165) is 37.9 Å². The van der Waals surface area contributed by atoms with Crippen molar-refractivity contribution < 1.29 is 19.1 Å². The van der Waals surface area contributed by atoms with E-state index in [1.807, 2.05) is 29.2 Å². The van der Waals surface area contributed by atoms with E-state index in [2.05, 4.69) is 44.9 Å². The number of aromatic nitrogens is 1. The lowest BCUT2D eigenvalue weighted by Crippen LogP contribution is -2.47. The zero-order valence-corrected chi connectivity index (χ0v) is 26.2. The number of likely N-dealkylation sites (N-methyl/N-ethyl adjacent to an activating group) is 1. The Kier molecular flexibility index (Phi) is 11.1. The van der Waals surface area contributed by atoms with Crippen molar-refractivity contribution in [3.63, 3.8) is 0 Å². The molecule has 3 aromatic rings. The van der Waals surface area contributed by atoms with Gasteiger partial charge < -0.3 is 20.3 Å². The molecule has 230 valence electrons. The molecule has 0 bridgehead atoms. The Morgan fingerprint density at radius 3 is 2.47 bits per heavy atom. The number of benzene rings is 1. The summed E-state index contributed by atoms with van der Waals surface area (Å²) in [5, 5.41) is 12.0. The summed E-state index contributed by atoms with van der Waals surface area (Å²) in [4.78, 5) is 47.1. The standard InChI is InChI=1S/C32H42N6O4S/c1-5-37-17-9-12-25(37)20-38(30(40)33-16-15-23-10-7-6-8-11-23)19-24-13-14-26(34-18-24)29(39)35-27-21-43-22-28(27)36-31(41)42-32(2,3)4/h6-8,10-11,13-14,18,21-22,25H,5,9,12,15-17,19-20H2,1-4H3,(H,33,40)(H,35,39)(H,36,41). The molecule has 1 fully saturated rings. The third kappa shape index (κ3) is 9.79. The monoisotopic (exact) mass is 606 g/mol. The first-order valence-electron chi connectivity index (χ1n) is 14.7. The van der Waals surface area contributed by atoms with Crippen LogP contribution in [0.3, 0.4) is 0 Å². The predicted molar refractivity (Wildman–Crippen MR) is 171 cm³/mol. The Balaban J connectivity index is 1.38. The molecular formula is C32H42N6O4S. The number of hydrogen-bond donors (Lipinski definition) is 3. The molecule has 1 aromatic carbocycles. The number of amides is 4. The molecule has 0 aliphatic carbocycles. The maximum atomic E-state index is 13.3. The Morgan fingerprint density at radius 2 is 1.79 bits per heavy atom. The van der Waals surface area contributed by atoms with Crippen molar-refractivity contribution >= 4 is 40.7 Å².